The molecule has 1 fully saturated rings. The normalized spacial score (nSPS) is 19.2. The Morgan fingerprint density at radius 2 is 1.91 bits per heavy atom. The van der Waals surface area contributed by atoms with Crippen molar-refractivity contribution < 1.29 is 0 Å². The number of nitrogens with zero attached hydrogens (tertiary/aromatic N) is 1. The molecular weight excluding hydrogens is 134 g/mol. The highest BCUT2D eigenvalue weighted by molar-refractivity contribution is 5.02. The first-order chi connectivity index (χ1) is 5.43. The average Bonchev–Trinajstić information content (AvgIpc) is 2.50. The molecule has 0 amide bonds. The summed E-state index contributed by atoms with van der Waals surface area (Å²) >= 11 is 0. The van der Waals surface area contributed by atoms with Gasteiger partial charge in [0.05, 0.1) is 0 Å². The second-order valence-corrected chi connectivity index (χ2v) is 2.92. The lowest BCUT2D eigenvalue weighted by Gasteiger charge is -2.08. The highest BCUT2D eigenvalue weighted by Crippen LogP contribution is 2.06. The van der Waals surface area contributed by atoms with Crippen LogP contribution >= 0.6 is 0 Å². The van der Waals surface area contributed by atoms with Crippen LogP contribution in [0.15, 0.2) is 24.4 Å². The molecule has 0 N–H and O–H groups in total. The predicted molar refractivity (Wildman–Crippen MR) is 49.4 cm³/mol. The Labute approximate surface area is 69.4 Å². The van der Waals surface area contributed by atoms with Crippen molar-refractivity contribution in [3.8, 4) is 0 Å². The first-order valence-electron chi connectivity index (χ1n) is 4.51. The summed E-state index contributed by atoms with van der Waals surface area (Å²) in [7, 11) is 0. The van der Waals surface area contributed by atoms with Gasteiger partial charge >= 0.3 is 0 Å². The zero-order valence-electron chi connectivity index (χ0n) is 7.29. The minimum atomic E-state index is 1.13. The van der Waals surface area contributed by atoms with Crippen molar-refractivity contribution in [2.75, 3.05) is 13.1 Å². The second kappa shape index (κ2) is 5.00. The fourth-order valence-corrected chi connectivity index (χ4v) is 1.28. The summed E-state index contributed by atoms with van der Waals surface area (Å²) in [5, 5.41) is 0. The lowest BCUT2D eigenvalue weighted by Crippen LogP contribution is -2.09. The second-order valence-electron chi connectivity index (χ2n) is 2.92. The molecule has 1 saturated heterocycles. The van der Waals surface area contributed by atoms with E-state index in [4.69, 9.17) is 0 Å². The van der Waals surface area contributed by atoms with Crippen LogP contribution < -0.4 is 0 Å². The van der Waals surface area contributed by atoms with E-state index in [0.29, 0.717) is 0 Å². The zero-order valence-corrected chi connectivity index (χ0v) is 7.29. The van der Waals surface area contributed by atoms with Crippen molar-refractivity contribution in [3.63, 3.8) is 0 Å². The van der Waals surface area contributed by atoms with Gasteiger partial charge in [0.1, 0.15) is 0 Å². The standard InChI is InChI=1S/C10H17N/c1-2-3-4-5-8-11-9-6-7-10-11/h3-5,8H,2,6-7,9-10H2,1H3/b4-3+,8-5+. The molecular formula is C10H17N. The molecule has 0 radical (unpaired) electrons. The Balaban J connectivity index is 2.17. The van der Waals surface area contributed by atoms with Crippen LogP contribution in [0.1, 0.15) is 26.2 Å². The molecule has 1 heteroatoms. The van der Waals surface area contributed by atoms with E-state index >= 15 is 0 Å². The minimum absolute atomic E-state index is 1.13. The first kappa shape index (κ1) is 8.38. The molecule has 0 aromatic carbocycles. The van der Waals surface area contributed by atoms with Gasteiger partial charge in [-0.3, -0.25) is 0 Å². The number of likely N-dealkylation sites (tertiary alicyclic amines) is 1. The third-order valence-corrected chi connectivity index (χ3v) is 1.92. The van der Waals surface area contributed by atoms with E-state index < -0.39 is 0 Å². The lowest BCUT2D eigenvalue weighted by atomic mass is 10.4. The summed E-state index contributed by atoms with van der Waals surface area (Å²) in [5.74, 6) is 0. The van der Waals surface area contributed by atoms with Crippen molar-refractivity contribution in [2.24, 2.45) is 0 Å². The summed E-state index contributed by atoms with van der Waals surface area (Å²) in [6, 6.07) is 0. The highest BCUT2D eigenvalue weighted by Gasteiger charge is 2.04. The number of hydrogen-bond donors (Lipinski definition) is 0. The molecule has 0 atom stereocenters. The largest absolute Gasteiger partial charge is 0.377 e. The zero-order chi connectivity index (χ0) is 7.94. The summed E-state index contributed by atoms with van der Waals surface area (Å²) in [4.78, 5) is 2.38. The predicted octanol–water partition coefficient (Wildman–Crippen LogP) is 2.56. The van der Waals surface area contributed by atoms with Crippen LogP contribution in [-0.4, -0.2) is 18.0 Å². The number of allylic oxidation sites excluding steroid dienone is 3. The smallest absolute Gasteiger partial charge is 0.0173 e. The third-order valence-electron chi connectivity index (χ3n) is 1.92. The Kier molecular flexibility index (Phi) is 3.81. The van der Waals surface area contributed by atoms with E-state index in [1.807, 2.05) is 0 Å². The van der Waals surface area contributed by atoms with Crippen molar-refractivity contribution in [2.45, 2.75) is 26.2 Å². The average molecular weight is 151 g/mol. The van der Waals surface area contributed by atoms with Gasteiger partial charge in [0.2, 0.25) is 0 Å². The first-order valence-corrected chi connectivity index (χ1v) is 4.51. The lowest BCUT2D eigenvalue weighted by molar-refractivity contribution is 0.468. The maximum atomic E-state index is 2.38. The van der Waals surface area contributed by atoms with E-state index in [-0.39, 0.29) is 0 Å². The van der Waals surface area contributed by atoms with Gasteiger partial charge < -0.3 is 4.90 Å². The van der Waals surface area contributed by atoms with Crippen LogP contribution in [0.25, 0.3) is 0 Å². The summed E-state index contributed by atoms with van der Waals surface area (Å²) in [6.07, 6.45) is 12.5. The maximum Gasteiger partial charge on any atom is 0.0173 e. The van der Waals surface area contributed by atoms with Gasteiger partial charge in [0.15, 0.2) is 0 Å². The van der Waals surface area contributed by atoms with Crippen LogP contribution in [0.3, 0.4) is 0 Å². The molecule has 0 aromatic heterocycles. The van der Waals surface area contributed by atoms with Gasteiger partial charge in [-0.15, -0.1) is 0 Å². The molecule has 0 unspecified atom stereocenters. The Morgan fingerprint density at radius 3 is 2.55 bits per heavy atom. The molecule has 0 aliphatic carbocycles. The van der Waals surface area contributed by atoms with Gasteiger partial charge in [-0.05, 0) is 31.5 Å². The molecule has 1 aliphatic rings. The van der Waals surface area contributed by atoms with Crippen LogP contribution in [0, 0.1) is 0 Å². The van der Waals surface area contributed by atoms with E-state index in [0.717, 1.165) is 6.42 Å². The van der Waals surface area contributed by atoms with Crippen molar-refractivity contribution in [3.05, 3.63) is 24.4 Å². The highest BCUT2D eigenvalue weighted by atomic mass is 15.1. The van der Waals surface area contributed by atoms with Crippen LogP contribution in [0.5, 0.6) is 0 Å². The van der Waals surface area contributed by atoms with Crippen LogP contribution in [0.4, 0.5) is 0 Å². The van der Waals surface area contributed by atoms with Crippen molar-refractivity contribution in [1.29, 1.82) is 0 Å². The fraction of sp³-hybridized carbons (Fsp3) is 0.600. The summed E-state index contributed by atoms with van der Waals surface area (Å²) in [5.41, 5.74) is 0. The van der Waals surface area contributed by atoms with Gasteiger partial charge in [-0.1, -0.05) is 19.1 Å². The number of hydrogen-bond acceptors (Lipinski definition) is 1. The molecule has 0 spiro atoms. The topological polar surface area (TPSA) is 3.24 Å². The summed E-state index contributed by atoms with van der Waals surface area (Å²) in [6.45, 7) is 4.65. The fourth-order valence-electron chi connectivity index (χ4n) is 1.28. The Bertz CT molecular complexity index is 141. The molecule has 11 heavy (non-hydrogen) atoms. The molecule has 1 rings (SSSR count). The Hall–Kier alpha value is -0.720. The monoisotopic (exact) mass is 151 g/mol. The van der Waals surface area contributed by atoms with Crippen LogP contribution in [-0.2, 0) is 0 Å². The molecule has 0 saturated carbocycles. The third kappa shape index (κ3) is 3.26. The minimum Gasteiger partial charge on any atom is -0.377 e. The molecule has 0 bridgehead atoms. The molecule has 1 aliphatic heterocycles. The molecule has 1 heterocycles. The van der Waals surface area contributed by atoms with Crippen LogP contribution in [0.2, 0.25) is 0 Å². The van der Waals surface area contributed by atoms with E-state index in [2.05, 4.69) is 36.3 Å². The molecule has 0 aromatic rings. The molecule has 1 nitrogen and oxygen atoms in total. The van der Waals surface area contributed by atoms with Gasteiger partial charge in [0.25, 0.3) is 0 Å². The van der Waals surface area contributed by atoms with E-state index in [1.165, 1.54) is 25.9 Å². The van der Waals surface area contributed by atoms with E-state index in [1.54, 1.807) is 0 Å². The van der Waals surface area contributed by atoms with Crippen molar-refractivity contribution in [1.82, 2.24) is 4.90 Å². The molecule has 62 valence electrons. The maximum absolute atomic E-state index is 2.38. The SMILES string of the molecule is CC/C=C/C=C/N1CCCC1. The van der Waals surface area contributed by atoms with Gasteiger partial charge in [-0.2, -0.15) is 0 Å². The number of rotatable bonds is 3. The van der Waals surface area contributed by atoms with E-state index in [9.17, 15) is 0 Å². The quantitative estimate of drug-likeness (QED) is 0.560. The van der Waals surface area contributed by atoms with Crippen molar-refractivity contribution >= 4 is 0 Å². The van der Waals surface area contributed by atoms with Gasteiger partial charge in [0, 0.05) is 13.1 Å². The Morgan fingerprint density at radius 1 is 1.18 bits per heavy atom. The summed E-state index contributed by atoms with van der Waals surface area (Å²) < 4.78 is 0. The van der Waals surface area contributed by atoms with Gasteiger partial charge in [-0.25, -0.2) is 0 Å².